The van der Waals surface area contributed by atoms with Gasteiger partial charge in [-0.3, -0.25) is 14.5 Å². The number of nitrogens with zero attached hydrogens (tertiary/aromatic N) is 2. The minimum Gasteiger partial charge on any atom is -0.269 e. The number of fused-ring (bicyclic) bond motifs is 1. The van der Waals surface area contributed by atoms with Crippen LogP contribution in [0.2, 0.25) is 0 Å². The van der Waals surface area contributed by atoms with Crippen LogP contribution in [0.1, 0.15) is 20.7 Å². The Morgan fingerprint density at radius 3 is 2.00 bits per heavy atom. The van der Waals surface area contributed by atoms with Crippen LogP contribution in [-0.2, 0) is 10.0 Å². The summed E-state index contributed by atoms with van der Waals surface area (Å²) in [5.41, 5.74) is 0.411. The third kappa shape index (κ3) is 1.84. The summed E-state index contributed by atoms with van der Waals surface area (Å²) in [6, 6.07) is 6.16. The summed E-state index contributed by atoms with van der Waals surface area (Å²) < 4.78 is 25.3. The molecule has 0 spiro atoms. The lowest BCUT2D eigenvalue weighted by molar-refractivity contribution is 0.0680. The second kappa shape index (κ2) is 3.77. The van der Waals surface area contributed by atoms with Crippen molar-refractivity contribution in [2.75, 3.05) is 5.88 Å². The minimum absolute atomic E-state index is 0.205. The molecule has 0 radical (unpaired) electrons. The molecule has 0 bridgehead atoms. The second-order valence-electron chi connectivity index (χ2n) is 3.42. The zero-order valence-electron chi connectivity index (χ0n) is 8.66. The van der Waals surface area contributed by atoms with Crippen molar-refractivity contribution in [2.24, 2.45) is 4.40 Å². The molecule has 0 aromatic heterocycles. The summed E-state index contributed by atoms with van der Waals surface area (Å²) in [5, 5.41) is 0. The van der Waals surface area contributed by atoms with E-state index in [0.717, 1.165) is 0 Å². The number of hydrogen-bond donors (Lipinski definition) is 0. The van der Waals surface area contributed by atoms with E-state index in [-0.39, 0.29) is 11.1 Å². The van der Waals surface area contributed by atoms with Crippen LogP contribution in [-0.4, -0.2) is 37.7 Å². The molecule has 17 heavy (non-hydrogen) atoms. The van der Waals surface area contributed by atoms with E-state index in [2.05, 4.69) is 11.1 Å². The standard InChI is InChI=1S/C10H8N2O4S/c1-11-17(15,16)6-12-9(13)7-4-2-3-5-8(7)10(12)14/h2-5H,1,6H2. The van der Waals surface area contributed by atoms with E-state index in [4.69, 9.17) is 0 Å². The van der Waals surface area contributed by atoms with E-state index in [1.165, 1.54) is 12.1 Å². The first-order valence-electron chi connectivity index (χ1n) is 4.62. The third-order valence-electron chi connectivity index (χ3n) is 2.37. The molecule has 0 saturated carbocycles. The quantitative estimate of drug-likeness (QED) is 0.571. The molecule has 2 rings (SSSR count). The molecule has 0 atom stereocenters. The lowest BCUT2D eigenvalue weighted by Crippen LogP contribution is -2.34. The fourth-order valence-electron chi connectivity index (χ4n) is 1.56. The van der Waals surface area contributed by atoms with Crippen molar-refractivity contribution in [3.8, 4) is 0 Å². The summed E-state index contributed by atoms with van der Waals surface area (Å²) in [6.45, 7) is 2.89. The lowest BCUT2D eigenvalue weighted by Gasteiger charge is -2.11. The van der Waals surface area contributed by atoms with Gasteiger partial charge in [-0.15, -0.1) is 0 Å². The van der Waals surface area contributed by atoms with E-state index in [1.54, 1.807) is 12.1 Å². The van der Waals surface area contributed by atoms with Gasteiger partial charge in [-0.1, -0.05) is 12.1 Å². The zero-order valence-corrected chi connectivity index (χ0v) is 9.48. The fourth-order valence-corrected chi connectivity index (χ4v) is 2.20. The molecule has 1 aliphatic rings. The molecule has 1 heterocycles. The molecule has 0 unspecified atom stereocenters. The molecular weight excluding hydrogens is 244 g/mol. The molecule has 0 aliphatic carbocycles. The van der Waals surface area contributed by atoms with Gasteiger partial charge in [0.2, 0.25) is 0 Å². The molecule has 1 aliphatic heterocycles. The van der Waals surface area contributed by atoms with Crippen LogP contribution < -0.4 is 0 Å². The summed E-state index contributed by atoms with van der Waals surface area (Å²) >= 11 is 0. The summed E-state index contributed by atoms with van der Waals surface area (Å²) in [5.74, 6) is -2.03. The molecule has 1 aromatic rings. The van der Waals surface area contributed by atoms with Crippen molar-refractivity contribution in [3.05, 3.63) is 35.4 Å². The van der Waals surface area contributed by atoms with Gasteiger partial charge in [0.15, 0.2) is 5.88 Å². The van der Waals surface area contributed by atoms with Crippen LogP contribution >= 0.6 is 0 Å². The van der Waals surface area contributed by atoms with E-state index < -0.39 is 27.7 Å². The Morgan fingerprint density at radius 1 is 1.12 bits per heavy atom. The Kier molecular flexibility index (Phi) is 2.55. The highest BCUT2D eigenvalue weighted by Gasteiger charge is 2.37. The Labute approximate surface area is 97.6 Å². The van der Waals surface area contributed by atoms with Gasteiger partial charge in [0.25, 0.3) is 21.8 Å². The molecular formula is C10H8N2O4S. The van der Waals surface area contributed by atoms with Gasteiger partial charge in [-0.2, -0.15) is 4.40 Å². The predicted molar refractivity (Wildman–Crippen MR) is 60.3 cm³/mol. The number of hydrogen-bond acceptors (Lipinski definition) is 4. The summed E-state index contributed by atoms with van der Waals surface area (Å²) in [6.07, 6.45) is 0. The molecule has 6 nitrogen and oxygen atoms in total. The van der Waals surface area contributed by atoms with Crippen molar-refractivity contribution in [1.29, 1.82) is 0 Å². The van der Waals surface area contributed by atoms with Crippen molar-refractivity contribution in [3.63, 3.8) is 0 Å². The Morgan fingerprint density at radius 2 is 1.59 bits per heavy atom. The monoisotopic (exact) mass is 252 g/mol. The molecule has 7 heteroatoms. The first kappa shape index (κ1) is 11.5. The van der Waals surface area contributed by atoms with Crippen LogP contribution in [0.3, 0.4) is 0 Å². The lowest BCUT2D eigenvalue weighted by atomic mass is 10.1. The summed E-state index contributed by atoms with van der Waals surface area (Å²) in [7, 11) is -3.89. The number of imide groups is 1. The van der Waals surface area contributed by atoms with Crippen LogP contribution in [0.4, 0.5) is 0 Å². The number of benzene rings is 1. The number of rotatable bonds is 3. The van der Waals surface area contributed by atoms with Crippen molar-refractivity contribution in [1.82, 2.24) is 4.90 Å². The normalized spacial score (nSPS) is 14.9. The maximum Gasteiger partial charge on any atom is 0.271 e. The number of carbonyl (C=O) groups is 2. The number of sulfonamides is 1. The Balaban J connectivity index is 2.41. The second-order valence-corrected chi connectivity index (χ2v) is 5.10. The SMILES string of the molecule is C=NS(=O)(=O)CN1C(=O)c2ccccc2C1=O. The van der Waals surface area contributed by atoms with E-state index in [0.29, 0.717) is 4.90 Å². The van der Waals surface area contributed by atoms with Crippen LogP contribution in [0, 0.1) is 0 Å². The van der Waals surface area contributed by atoms with Gasteiger partial charge < -0.3 is 0 Å². The highest BCUT2D eigenvalue weighted by molar-refractivity contribution is 7.90. The minimum atomic E-state index is -3.89. The molecule has 2 amide bonds. The van der Waals surface area contributed by atoms with Crippen molar-refractivity contribution in [2.45, 2.75) is 0 Å². The topological polar surface area (TPSA) is 83.9 Å². The maximum atomic E-state index is 11.8. The number of carbonyl (C=O) groups excluding carboxylic acids is 2. The van der Waals surface area contributed by atoms with Gasteiger partial charge >= 0.3 is 0 Å². The Bertz CT molecular complexity index is 586. The molecule has 0 N–H and O–H groups in total. The largest absolute Gasteiger partial charge is 0.271 e. The van der Waals surface area contributed by atoms with Crippen LogP contribution in [0.25, 0.3) is 0 Å². The molecule has 0 saturated heterocycles. The van der Waals surface area contributed by atoms with E-state index in [1.807, 2.05) is 0 Å². The molecule has 88 valence electrons. The van der Waals surface area contributed by atoms with Gasteiger partial charge in [-0.25, -0.2) is 8.42 Å². The zero-order chi connectivity index (χ0) is 12.6. The predicted octanol–water partition coefficient (Wildman–Crippen LogP) is 0.270. The smallest absolute Gasteiger partial charge is 0.269 e. The number of amides is 2. The van der Waals surface area contributed by atoms with Gasteiger partial charge in [0.05, 0.1) is 11.1 Å². The average molecular weight is 252 g/mol. The molecule has 1 aromatic carbocycles. The third-order valence-corrected chi connectivity index (χ3v) is 3.35. The summed E-state index contributed by atoms with van der Waals surface area (Å²) in [4.78, 5) is 24.2. The highest BCUT2D eigenvalue weighted by atomic mass is 32.2. The first-order chi connectivity index (χ1) is 7.96. The van der Waals surface area contributed by atoms with Crippen molar-refractivity contribution >= 4 is 28.6 Å². The Hall–Kier alpha value is -2.02. The van der Waals surface area contributed by atoms with Gasteiger partial charge in [0.1, 0.15) is 0 Å². The van der Waals surface area contributed by atoms with Crippen LogP contribution in [0.15, 0.2) is 28.7 Å². The first-order valence-corrected chi connectivity index (χ1v) is 6.23. The van der Waals surface area contributed by atoms with Crippen molar-refractivity contribution < 1.29 is 18.0 Å². The van der Waals surface area contributed by atoms with E-state index >= 15 is 0 Å². The highest BCUT2D eigenvalue weighted by Crippen LogP contribution is 2.22. The van der Waals surface area contributed by atoms with Gasteiger partial charge in [0, 0.05) is 6.72 Å². The fraction of sp³-hybridized carbons (Fsp3) is 0.100. The maximum absolute atomic E-state index is 11.8. The van der Waals surface area contributed by atoms with E-state index in [9.17, 15) is 18.0 Å². The van der Waals surface area contributed by atoms with Crippen LogP contribution in [0.5, 0.6) is 0 Å². The average Bonchev–Trinajstić information content (AvgIpc) is 2.55. The van der Waals surface area contributed by atoms with Gasteiger partial charge in [-0.05, 0) is 12.1 Å². The molecule has 0 fully saturated rings.